The van der Waals surface area contributed by atoms with Gasteiger partial charge in [-0.05, 0) is 49.3 Å². The lowest BCUT2D eigenvalue weighted by molar-refractivity contribution is 0.162. The van der Waals surface area contributed by atoms with Gasteiger partial charge in [-0.15, -0.1) is 0 Å². The minimum atomic E-state index is -0.362. The number of hydrogen-bond donors (Lipinski definition) is 1. The van der Waals surface area contributed by atoms with E-state index in [2.05, 4.69) is 41.9 Å². The van der Waals surface area contributed by atoms with Crippen LogP contribution in [-0.2, 0) is 4.79 Å². The van der Waals surface area contributed by atoms with E-state index in [9.17, 15) is 9.90 Å². The van der Waals surface area contributed by atoms with Crippen LogP contribution in [0, 0.1) is 19.8 Å². The van der Waals surface area contributed by atoms with Crippen molar-refractivity contribution in [2.24, 2.45) is 5.92 Å². The maximum atomic E-state index is 10.4. The smallest absolute Gasteiger partial charge is 0.120 e. The Morgan fingerprint density at radius 3 is 2.50 bits per heavy atom. The Morgan fingerprint density at radius 1 is 1.33 bits per heavy atom. The highest BCUT2D eigenvalue weighted by Crippen LogP contribution is 2.40. The third kappa shape index (κ3) is 2.59. The average Bonchev–Trinajstić information content (AvgIpc) is 2.67. The number of aryl methyl sites for hydroxylation is 2. The van der Waals surface area contributed by atoms with Crippen molar-refractivity contribution >= 4 is 21.9 Å². The zero-order chi connectivity index (χ0) is 13.3. The van der Waals surface area contributed by atoms with Gasteiger partial charge in [0.1, 0.15) is 5.94 Å². The van der Waals surface area contributed by atoms with Crippen LogP contribution in [-0.4, -0.2) is 17.2 Å². The van der Waals surface area contributed by atoms with Gasteiger partial charge >= 0.3 is 0 Å². The van der Waals surface area contributed by atoms with Gasteiger partial charge in [-0.3, -0.25) is 0 Å². The standard InChI is InChI=1S/C15H17BrO2/c1-9-5-12(6-10(2)15(9)16)13-7-11(3-4-17)8-14(13)18/h3,5-6,11,13-14,18H,7-8H2,1-2H3. The van der Waals surface area contributed by atoms with Crippen LogP contribution in [0.1, 0.15) is 35.4 Å². The molecule has 3 atom stereocenters. The fourth-order valence-electron chi connectivity index (χ4n) is 2.84. The third-order valence-electron chi connectivity index (χ3n) is 3.76. The highest BCUT2D eigenvalue weighted by Gasteiger charge is 2.33. The van der Waals surface area contributed by atoms with Gasteiger partial charge in [-0.2, -0.15) is 0 Å². The first-order chi connectivity index (χ1) is 8.52. The van der Waals surface area contributed by atoms with Crippen LogP contribution in [0.3, 0.4) is 0 Å². The van der Waals surface area contributed by atoms with Crippen molar-refractivity contribution in [2.75, 3.05) is 0 Å². The summed E-state index contributed by atoms with van der Waals surface area (Å²) in [5, 5.41) is 10.1. The molecular weight excluding hydrogens is 292 g/mol. The normalized spacial score (nSPS) is 27.0. The first-order valence-corrected chi connectivity index (χ1v) is 6.98. The van der Waals surface area contributed by atoms with Crippen molar-refractivity contribution in [1.82, 2.24) is 0 Å². The van der Waals surface area contributed by atoms with Crippen LogP contribution in [0.4, 0.5) is 0 Å². The number of halogens is 1. The molecular formula is C15H17BrO2. The van der Waals surface area contributed by atoms with E-state index in [4.69, 9.17) is 0 Å². The van der Waals surface area contributed by atoms with E-state index in [0.717, 1.165) is 10.9 Å². The fraction of sp³-hybridized carbons (Fsp3) is 0.467. The lowest BCUT2D eigenvalue weighted by atomic mass is 9.92. The Bertz CT molecular complexity index is 480. The molecule has 1 aliphatic carbocycles. The molecule has 96 valence electrons. The van der Waals surface area contributed by atoms with Crippen LogP contribution < -0.4 is 0 Å². The number of rotatable bonds is 2. The molecule has 2 rings (SSSR count). The summed E-state index contributed by atoms with van der Waals surface area (Å²) in [6.07, 6.45) is 2.67. The Balaban J connectivity index is 2.30. The lowest BCUT2D eigenvalue weighted by Crippen LogP contribution is -2.11. The Morgan fingerprint density at radius 2 is 1.94 bits per heavy atom. The Kier molecular flexibility index (Phi) is 4.06. The molecule has 0 amide bonds. The highest BCUT2D eigenvalue weighted by molar-refractivity contribution is 9.10. The van der Waals surface area contributed by atoms with E-state index in [1.807, 2.05) is 5.94 Å². The number of aliphatic hydroxyl groups excluding tert-OH is 1. The molecule has 1 aromatic rings. The van der Waals surface area contributed by atoms with Gasteiger partial charge in [0, 0.05) is 16.5 Å². The molecule has 1 saturated carbocycles. The summed E-state index contributed by atoms with van der Waals surface area (Å²) in [5.41, 5.74) is 3.54. The zero-order valence-corrected chi connectivity index (χ0v) is 12.2. The predicted octanol–water partition coefficient (Wildman–Crippen LogP) is 3.31. The predicted molar refractivity (Wildman–Crippen MR) is 75.4 cm³/mol. The van der Waals surface area contributed by atoms with E-state index >= 15 is 0 Å². The third-order valence-corrected chi connectivity index (χ3v) is 5.01. The van der Waals surface area contributed by atoms with Gasteiger partial charge in [0.25, 0.3) is 0 Å². The molecule has 1 aliphatic rings. The molecule has 18 heavy (non-hydrogen) atoms. The lowest BCUT2D eigenvalue weighted by Gasteiger charge is -2.17. The van der Waals surface area contributed by atoms with Crippen molar-refractivity contribution in [3.05, 3.63) is 39.4 Å². The van der Waals surface area contributed by atoms with Crippen molar-refractivity contribution < 1.29 is 9.90 Å². The molecule has 1 aromatic carbocycles. The SMILES string of the molecule is Cc1cc(C2CC(C=C=O)CC2O)cc(C)c1Br. The molecule has 0 spiro atoms. The average molecular weight is 309 g/mol. The number of aliphatic hydroxyl groups is 1. The molecule has 0 aliphatic heterocycles. The highest BCUT2D eigenvalue weighted by atomic mass is 79.9. The van der Waals surface area contributed by atoms with E-state index in [1.165, 1.54) is 16.7 Å². The molecule has 1 fully saturated rings. The minimum absolute atomic E-state index is 0.130. The van der Waals surface area contributed by atoms with Gasteiger partial charge in [-0.25, -0.2) is 4.79 Å². The number of hydrogen-bond acceptors (Lipinski definition) is 2. The molecule has 0 radical (unpaired) electrons. The summed E-state index contributed by atoms with van der Waals surface area (Å²) in [7, 11) is 0. The Hall–Kier alpha value is -0.890. The second kappa shape index (κ2) is 5.40. The molecule has 0 saturated heterocycles. The van der Waals surface area contributed by atoms with Gasteiger partial charge in [-0.1, -0.05) is 28.1 Å². The van der Waals surface area contributed by atoms with Crippen LogP contribution in [0.15, 0.2) is 22.7 Å². The van der Waals surface area contributed by atoms with Crippen molar-refractivity contribution in [2.45, 2.75) is 38.7 Å². The Labute approximate surface area is 116 Å². The molecule has 0 heterocycles. The largest absolute Gasteiger partial charge is 0.392 e. The van der Waals surface area contributed by atoms with Crippen molar-refractivity contribution in [1.29, 1.82) is 0 Å². The van der Waals surface area contributed by atoms with Crippen molar-refractivity contribution in [3.63, 3.8) is 0 Å². The summed E-state index contributed by atoms with van der Waals surface area (Å²) < 4.78 is 1.13. The zero-order valence-electron chi connectivity index (χ0n) is 10.6. The molecule has 3 heteroatoms. The second-order valence-electron chi connectivity index (χ2n) is 5.16. The van der Waals surface area contributed by atoms with Gasteiger partial charge in [0.05, 0.1) is 6.10 Å². The molecule has 1 N–H and O–H groups in total. The van der Waals surface area contributed by atoms with E-state index in [-0.39, 0.29) is 17.9 Å². The number of allylic oxidation sites excluding steroid dienone is 1. The first-order valence-electron chi connectivity index (χ1n) is 6.18. The topological polar surface area (TPSA) is 37.3 Å². The van der Waals surface area contributed by atoms with E-state index in [1.54, 1.807) is 6.08 Å². The van der Waals surface area contributed by atoms with Crippen LogP contribution in [0.5, 0.6) is 0 Å². The van der Waals surface area contributed by atoms with E-state index < -0.39 is 0 Å². The summed E-state index contributed by atoms with van der Waals surface area (Å²) in [6, 6.07) is 4.25. The second-order valence-corrected chi connectivity index (χ2v) is 5.95. The van der Waals surface area contributed by atoms with Gasteiger partial charge in [0.2, 0.25) is 0 Å². The summed E-state index contributed by atoms with van der Waals surface area (Å²) in [5.74, 6) is 2.13. The molecule has 2 nitrogen and oxygen atoms in total. The first kappa shape index (κ1) is 13.5. The van der Waals surface area contributed by atoms with E-state index in [0.29, 0.717) is 6.42 Å². The summed E-state index contributed by atoms with van der Waals surface area (Å²) >= 11 is 3.55. The fourth-order valence-corrected chi connectivity index (χ4v) is 3.07. The van der Waals surface area contributed by atoms with Gasteiger partial charge < -0.3 is 5.11 Å². The quantitative estimate of drug-likeness (QED) is 0.851. The molecule has 0 aromatic heterocycles. The molecule has 0 bridgehead atoms. The summed E-state index contributed by atoms with van der Waals surface area (Å²) in [6.45, 7) is 4.12. The minimum Gasteiger partial charge on any atom is -0.392 e. The van der Waals surface area contributed by atoms with Crippen LogP contribution in [0.2, 0.25) is 0 Å². The van der Waals surface area contributed by atoms with Crippen LogP contribution >= 0.6 is 15.9 Å². The number of benzene rings is 1. The maximum absolute atomic E-state index is 10.4. The van der Waals surface area contributed by atoms with Crippen molar-refractivity contribution in [3.8, 4) is 0 Å². The van der Waals surface area contributed by atoms with Gasteiger partial charge in [0.15, 0.2) is 0 Å². The molecule has 3 unspecified atom stereocenters. The monoisotopic (exact) mass is 308 g/mol. The maximum Gasteiger partial charge on any atom is 0.120 e. The number of carbonyl (C=O) groups excluding carboxylic acids is 1. The summed E-state index contributed by atoms with van der Waals surface area (Å²) in [4.78, 5) is 10.4. The van der Waals surface area contributed by atoms with Crippen LogP contribution in [0.25, 0.3) is 0 Å².